The number of phenolic OH excluding ortho intramolecular Hbond substituents is 1. The summed E-state index contributed by atoms with van der Waals surface area (Å²) in [7, 11) is 4.07. The Morgan fingerprint density at radius 1 is 0.952 bits per heavy atom. The van der Waals surface area contributed by atoms with E-state index >= 15 is 0 Å². The molecule has 0 unspecified atom stereocenters. The van der Waals surface area contributed by atoms with Crippen LogP contribution < -0.4 is 5.32 Å². The van der Waals surface area contributed by atoms with Crippen molar-refractivity contribution in [2.45, 2.75) is 19.6 Å². The maximum Gasteiger partial charge on any atom is 0.165 e. The SMILES string of the molecule is CN(C)Cc1ccccc1CNCc1cccc(F)c1O. The molecule has 0 amide bonds. The summed E-state index contributed by atoms with van der Waals surface area (Å²) in [6, 6.07) is 12.8. The molecule has 0 radical (unpaired) electrons. The predicted molar refractivity (Wildman–Crippen MR) is 82.4 cm³/mol. The van der Waals surface area contributed by atoms with Crippen molar-refractivity contribution in [3.63, 3.8) is 0 Å². The molecule has 0 heterocycles. The highest BCUT2D eigenvalue weighted by molar-refractivity contribution is 5.33. The quantitative estimate of drug-likeness (QED) is 0.858. The molecule has 0 atom stereocenters. The van der Waals surface area contributed by atoms with E-state index in [1.54, 1.807) is 12.1 Å². The fourth-order valence-electron chi connectivity index (χ4n) is 2.26. The van der Waals surface area contributed by atoms with Crippen LogP contribution in [0.5, 0.6) is 5.75 Å². The predicted octanol–water partition coefficient (Wildman–Crippen LogP) is 2.88. The van der Waals surface area contributed by atoms with Crippen molar-refractivity contribution >= 4 is 0 Å². The van der Waals surface area contributed by atoms with Gasteiger partial charge < -0.3 is 15.3 Å². The molecule has 4 heteroatoms. The van der Waals surface area contributed by atoms with Gasteiger partial charge in [0.25, 0.3) is 0 Å². The first-order chi connectivity index (χ1) is 10.1. The second kappa shape index (κ2) is 7.20. The number of rotatable bonds is 6. The lowest BCUT2D eigenvalue weighted by Crippen LogP contribution is -2.17. The van der Waals surface area contributed by atoms with Gasteiger partial charge in [0.2, 0.25) is 0 Å². The van der Waals surface area contributed by atoms with Crippen LogP contribution in [0.15, 0.2) is 42.5 Å². The highest BCUT2D eigenvalue weighted by Gasteiger charge is 2.07. The Balaban J connectivity index is 1.99. The molecule has 112 valence electrons. The summed E-state index contributed by atoms with van der Waals surface area (Å²) in [6.07, 6.45) is 0. The van der Waals surface area contributed by atoms with Crippen molar-refractivity contribution in [2.75, 3.05) is 14.1 Å². The summed E-state index contributed by atoms with van der Waals surface area (Å²) >= 11 is 0. The fraction of sp³-hybridized carbons (Fsp3) is 0.294. The van der Waals surface area contributed by atoms with Crippen LogP contribution >= 0.6 is 0 Å². The molecule has 0 aliphatic rings. The van der Waals surface area contributed by atoms with Crippen molar-refractivity contribution in [3.05, 3.63) is 65.0 Å². The Morgan fingerprint density at radius 3 is 2.29 bits per heavy atom. The zero-order valence-electron chi connectivity index (χ0n) is 12.4. The highest BCUT2D eigenvalue weighted by atomic mass is 19.1. The largest absolute Gasteiger partial charge is 0.505 e. The molecule has 0 spiro atoms. The normalized spacial score (nSPS) is 11.0. The highest BCUT2D eigenvalue weighted by Crippen LogP contribution is 2.20. The zero-order valence-corrected chi connectivity index (χ0v) is 12.4. The summed E-state index contributed by atoms with van der Waals surface area (Å²) in [5, 5.41) is 12.9. The van der Waals surface area contributed by atoms with E-state index in [-0.39, 0.29) is 5.75 Å². The molecule has 0 bridgehead atoms. The van der Waals surface area contributed by atoms with Crippen LogP contribution in [0.1, 0.15) is 16.7 Å². The molecule has 3 nitrogen and oxygen atoms in total. The third-order valence-electron chi connectivity index (χ3n) is 3.31. The van der Waals surface area contributed by atoms with E-state index in [1.807, 2.05) is 26.2 Å². The number of nitrogens with one attached hydrogen (secondary N) is 1. The van der Waals surface area contributed by atoms with Gasteiger partial charge in [-0.05, 0) is 31.3 Å². The van der Waals surface area contributed by atoms with E-state index in [0.717, 1.165) is 6.54 Å². The van der Waals surface area contributed by atoms with E-state index in [4.69, 9.17) is 0 Å². The molecule has 2 rings (SSSR count). The summed E-state index contributed by atoms with van der Waals surface area (Å²) in [5.74, 6) is -0.853. The number of hydrogen-bond acceptors (Lipinski definition) is 3. The van der Waals surface area contributed by atoms with Crippen LogP contribution in [-0.4, -0.2) is 24.1 Å². The van der Waals surface area contributed by atoms with Crippen LogP contribution in [0, 0.1) is 5.82 Å². The molecule has 21 heavy (non-hydrogen) atoms. The molecule has 0 aliphatic heterocycles. The number of hydrogen-bond donors (Lipinski definition) is 2. The summed E-state index contributed by atoms with van der Waals surface area (Å²) in [4.78, 5) is 2.12. The lowest BCUT2D eigenvalue weighted by molar-refractivity contribution is 0.400. The maximum atomic E-state index is 13.3. The summed E-state index contributed by atoms with van der Waals surface area (Å²) < 4.78 is 13.3. The second-order valence-electron chi connectivity index (χ2n) is 5.36. The van der Waals surface area contributed by atoms with Crippen LogP contribution in [0.3, 0.4) is 0 Å². The minimum absolute atomic E-state index is 0.272. The Bertz CT molecular complexity index is 599. The Morgan fingerprint density at radius 2 is 1.57 bits per heavy atom. The van der Waals surface area contributed by atoms with Gasteiger partial charge in [0.05, 0.1) is 0 Å². The van der Waals surface area contributed by atoms with Gasteiger partial charge in [-0.1, -0.05) is 36.4 Å². The van der Waals surface area contributed by atoms with Crippen LogP contribution in [0.25, 0.3) is 0 Å². The van der Waals surface area contributed by atoms with Crippen molar-refractivity contribution < 1.29 is 9.50 Å². The number of aromatic hydroxyl groups is 1. The van der Waals surface area contributed by atoms with Gasteiger partial charge in [-0.25, -0.2) is 4.39 Å². The first-order valence-electron chi connectivity index (χ1n) is 6.96. The lowest BCUT2D eigenvalue weighted by atomic mass is 10.1. The van der Waals surface area contributed by atoms with Crippen LogP contribution in [0.2, 0.25) is 0 Å². The van der Waals surface area contributed by atoms with Crippen molar-refractivity contribution in [3.8, 4) is 5.75 Å². The van der Waals surface area contributed by atoms with Gasteiger partial charge in [0.1, 0.15) is 0 Å². The topological polar surface area (TPSA) is 35.5 Å². The van der Waals surface area contributed by atoms with Crippen molar-refractivity contribution in [1.29, 1.82) is 0 Å². The standard InChI is InChI=1S/C17H21FN2O/c1-20(2)12-15-7-4-3-6-13(15)10-19-11-14-8-5-9-16(18)17(14)21/h3-9,19,21H,10-12H2,1-2H3. The minimum Gasteiger partial charge on any atom is -0.505 e. The Labute approximate surface area is 125 Å². The second-order valence-corrected chi connectivity index (χ2v) is 5.36. The van der Waals surface area contributed by atoms with Gasteiger partial charge >= 0.3 is 0 Å². The molecule has 0 aromatic heterocycles. The first kappa shape index (κ1) is 15.5. The van der Waals surface area contributed by atoms with E-state index in [0.29, 0.717) is 18.7 Å². The number of para-hydroxylation sites is 1. The molecule has 0 aliphatic carbocycles. The van der Waals surface area contributed by atoms with Crippen LogP contribution in [0.4, 0.5) is 4.39 Å². The smallest absolute Gasteiger partial charge is 0.165 e. The van der Waals surface area contributed by atoms with Gasteiger partial charge in [-0.15, -0.1) is 0 Å². The molecule has 2 aromatic rings. The molecular weight excluding hydrogens is 267 g/mol. The van der Waals surface area contributed by atoms with E-state index in [9.17, 15) is 9.50 Å². The minimum atomic E-state index is -0.581. The van der Waals surface area contributed by atoms with Gasteiger partial charge in [-0.2, -0.15) is 0 Å². The number of nitrogens with zero attached hydrogens (tertiary/aromatic N) is 1. The number of phenols is 1. The van der Waals surface area contributed by atoms with Gasteiger partial charge in [0, 0.05) is 25.2 Å². The van der Waals surface area contributed by atoms with Gasteiger partial charge in [-0.3, -0.25) is 0 Å². The monoisotopic (exact) mass is 288 g/mol. The average molecular weight is 288 g/mol. The first-order valence-corrected chi connectivity index (χ1v) is 6.96. The summed E-state index contributed by atoms with van der Waals surface area (Å²) in [6.45, 7) is 1.99. The number of benzene rings is 2. The Hall–Kier alpha value is -1.91. The van der Waals surface area contributed by atoms with E-state index in [2.05, 4.69) is 22.3 Å². The van der Waals surface area contributed by atoms with Crippen LogP contribution in [-0.2, 0) is 19.6 Å². The Kier molecular flexibility index (Phi) is 5.31. The molecular formula is C17H21FN2O. The third kappa shape index (κ3) is 4.28. The fourth-order valence-corrected chi connectivity index (χ4v) is 2.26. The zero-order chi connectivity index (χ0) is 15.2. The molecule has 2 N–H and O–H groups in total. The summed E-state index contributed by atoms with van der Waals surface area (Å²) in [5.41, 5.74) is 3.04. The van der Waals surface area contributed by atoms with Gasteiger partial charge in [0.15, 0.2) is 11.6 Å². The number of halogens is 1. The van der Waals surface area contributed by atoms with E-state index in [1.165, 1.54) is 17.2 Å². The van der Waals surface area contributed by atoms with E-state index < -0.39 is 5.82 Å². The third-order valence-corrected chi connectivity index (χ3v) is 3.31. The lowest BCUT2D eigenvalue weighted by Gasteiger charge is -2.15. The average Bonchev–Trinajstić information content (AvgIpc) is 2.45. The maximum absolute atomic E-state index is 13.3. The van der Waals surface area contributed by atoms with Crippen molar-refractivity contribution in [2.24, 2.45) is 0 Å². The molecule has 0 saturated heterocycles. The molecule has 2 aromatic carbocycles. The van der Waals surface area contributed by atoms with Crippen molar-refractivity contribution in [1.82, 2.24) is 10.2 Å². The molecule has 0 fully saturated rings. The molecule has 0 saturated carbocycles.